The van der Waals surface area contributed by atoms with Crippen molar-refractivity contribution in [1.29, 1.82) is 0 Å². The third kappa shape index (κ3) is 2.63. The average Bonchev–Trinajstić information content (AvgIpc) is 3.52. The predicted molar refractivity (Wildman–Crippen MR) is 116 cm³/mol. The van der Waals surface area contributed by atoms with Gasteiger partial charge in [-0.2, -0.15) is 5.10 Å². The lowest BCUT2D eigenvalue weighted by Crippen LogP contribution is -1.87. The van der Waals surface area contributed by atoms with Crippen LogP contribution in [0.5, 0.6) is 0 Å². The Kier molecular flexibility index (Phi) is 3.54. The molecule has 0 saturated carbocycles. The van der Waals surface area contributed by atoms with Crippen LogP contribution in [-0.4, -0.2) is 30.1 Å². The van der Waals surface area contributed by atoms with Crippen LogP contribution in [0.3, 0.4) is 0 Å². The van der Waals surface area contributed by atoms with Crippen LogP contribution >= 0.6 is 11.3 Å². The molecule has 6 rings (SSSR count). The van der Waals surface area contributed by atoms with Crippen molar-refractivity contribution in [3.63, 3.8) is 0 Å². The van der Waals surface area contributed by atoms with Gasteiger partial charge in [-0.1, -0.05) is 12.1 Å². The minimum atomic E-state index is 0.783. The fourth-order valence-electron chi connectivity index (χ4n) is 3.55. The second-order valence-corrected chi connectivity index (χ2v) is 7.64. The molecule has 6 heterocycles. The lowest BCUT2D eigenvalue weighted by Gasteiger charge is -2.00. The van der Waals surface area contributed by atoms with Crippen LogP contribution in [0, 0.1) is 0 Å². The number of nitrogens with zero attached hydrogens (tertiary/aromatic N) is 4. The summed E-state index contributed by atoms with van der Waals surface area (Å²) in [5, 5.41) is 10.8. The number of nitrogens with one attached hydrogen (secondary N) is 2. The molecule has 0 spiro atoms. The first-order valence-electron chi connectivity index (χ1n) is 9.14. The molecule has 29 heavy (non-hydrogen) atoms. The van der Waals surface area contributed by atoms with E-state index in [1.807, 2.05) is 42.7 Å². The maximum absolute atomic E-state index is 4.83. The molecule has 7 heteroatoms. The largest absolute Gasteiger partial charge is 0.352 e. The summed E-state index contributed by atoms with van der Waals surface area (Å²) >= 11 is 1.70. The Labute approximate surface area is 169 Å². The van der Waals surface area contributed by atoms with Crippen LogP contribution in [0.1, 0.15) is 0 Å². The molecular weight excluding hydrogens is 380 g/mol. The van der Waals surface area contributed by atoms with Crippen molar-refractivity contribution in [2.24, 2.45) is 0 Å². The molecule has 0 fully saturated rings. The van der Waals surface area contributed by atoms with Gasteiger partial charge in [-0.15, -0.1) is 11.3 Å². The highest BCUT2D eigenvalue weighted by Gasteiger charge is 2.16. The van der Waals surface area contributed by atoms with Gasteiger partial charge < -0.3 is 4.98 Å². The first-order chi connectivity index (χ1) is 14.4. The summed E-state index contributed by atoms with van der Waals surface area (Å²) in [6.07, 6.45) is 5.53. The molecule has 138 valence electrons. The van der Waals surface area contributed by atoms with Gasteiger partial charge in [0, 0.05) is 28.2 Å². The quantitative estimate of drug-likeness (QED) is 0.427. The average molecular weight is 394 g/mol. The number of H-pyrrole nitrogens is 2. The van der Waals surface area contributed by atoms with E-state index in [0.29, 0.717) is 0 Å². The number of hydrogen-bond donors (Lipinski definition) is 2. The second-order valence-electron chi connectivity index (χ2n) is 6.69. The Morgan fingerprint density at radius 1 is 0.897 bits per heavy atom. The fraction of sp³-hybridized carbons (Fsp3) is 0. The van der Waals surface area contributed by atoms with E-state index < -0.39 is 0 Å². The Balaban J connectivity index is 1.53. The van der Waals surface area contributed by atoms with Crippen molar-refractivity contribution < 1.29 is 0 Å². The van der Waals surface area contributed by atoms with E-state index in [2.05, 4.69) is 48.7 Å². The Bertz CT molecular complexity index is 1450. The SMILES string of the molecule is c1ccc(-c2ccc3[nH]nc(-c4cc5c(-c6cccs6)cncc5[nH]4)c3n2)nc1. The number of hydrogen-bond acceptors (Lipinski definition) is 5. The molecule has 0 aromatic carbocycles. The van der Waals surface area contributed by atoms with Gasteiger partial charge in [0.15, 0.2) is 0 Å². The second kappa shape index (κ2) is 6.35. The van der Waals surface area contributed by atoms with E-state index in [1.54, 1.807) is 17.5 Å². The third-order valence-corrected chi connectivity index (χ3v) is 5.83. The van der Waals surface area contributed by atoms with E-state index in [-0.39, 0.29) is 0 Å². The zero-order valence-corrected chi connectivity index (χ0v) is 15.9. The molecule has 0 aliphatic rings. The van der Waals surface area contributed by atoms with Crippen molar-refractivity contribution in [3.05, 3.63) is 72.5 Å². The number of pyridine rings is 3. The first kappa shape index (κ1) is 16.1. The Morgan fingerprint density at radius 2 is 1.90 bits per heavy atom. The van der Waals surface area contributed by atoms with E-state index >= 15 is 0 Å². The molecule has 6 aromatic heterocycles. The Morgan fingerprint density at radius 3 is 2.76 bits per heavy atom. The third-order valence-electron chi connectivity index (χ3n) is 4.92. The van der Waals surface area contributed by atoms with Gasteiger partial charge in [0.25, 0.3) is 0 Å². The fourth-order valence-corrected chi connectivity index (χ4v) is 4.30. The highest BCUT2D eigenvalue weighted by molar-refractivity contribution is 7.13. The van der Waals surface area contributed by atoms with Crippen molar-refractivity contribution in [3.8, 4) is 33.2 Å². The van der Waals surface area contributed by atoms with Crippen molar-refractivity contribution in [2.75, 3.05) is 0 Å². The topological polar surface area (TPSA) is 83.1 Å². The molecule has 6 aromatic rings. The van der Waals surface area contributed by atoms with E-state index in [9.17, 15) is 0 Å². The van der Waals surface area contributed by atoms with Gasteiger partial charge in [0.05, 0.1) is 34.3 Å². The number of aromatic amines is 2. The van der Waals surface area contributed by atoms with Crippen LogP contribution in [0.15, 0.2) is 72.5 Å². The van der Waals surface area contributed by atoms with Crippen LogP contribution in [0.2, 0.25) is 0 Å². The van der Waals surface area contributed by atoms with Gasteiger partial charge in [-0.3, -0.25) is 15.1 Å². The van der Waals surface area contributed by atoms with E-state index in [0.717, 1.165) is 50.3 Å². The van der Waals surface area contributed by atoms with E-state index in [4.69, 9.17) is 4.98 Å². The maximum atomic E-state index is 4.83. The summed E-state index contributed by atoms with van der Waals surface area (Å²) in [6, 6.07) is 16.0. The molecule has 0 aliphatic carbocycles. The van der Waals surface area contributed by atoms with Crippen LogP contribution in [0.25, 0.3) is 55.2 Å². The molecule has 0 saturated heterocycles. The smallest absolute Gasteiger partial charge is 0.135 e. The molecule has 0 bridgehead atoms. The summed E-state index contributed by atoms with van der Waals surface area (Å²) in [7, 11) is 0. The molecular formula is C22H14N6S. The molecule has 0 radical (unpaired) electrons. The molecule has 0 aliphatic heterocycles. The number of aromatic nitrogens is 6. The van der Waals surface area contributed by atoms with Crippen LogP contribution in [-0.2, 0) is 0 Å². The van der Waals surface area contributed by atoms with Crippen molar-refractivity contribution in [2.45, 2.75) is 0 Å². The highest BCUT2D eigenvalue weighted by atomic mass is 32.1. The minimum Gasteiger partial charge on any atom is -0.352 e. The standard InChI is InChI=1S/C22H14N6S/c1-2-8-24-15(4-1)16-6-7-17-21(26-16)22(28-27-17)18-10-13-14(20-5-3-9-29-20)11-23-12-19(13)25-18/h1-12,25H,(H,27,28). The zero-order chi connectivity index (χ0) is 19.2. The lowest BCUT2D eigenvalue weighted by atomic mass is 10.1. The molecule has 0 atom stereocenters. The minimum absolute atomic E-state index is 0.783. The predicted octanol–water partition coefficient (Wildman–Crippen LogP) is 5.29. The highest BCUT2D eigenvalue weighted by Crippen LogP contribution is 2.35. The molecule has 2 N–H and O–H groups in total. The van der Waals surface area contributed by atoms with Crippen molar-refractivity contribution >= 4 is 33.3 Å². The van der Waals surface area contributed by atoms with Gasteiger partial charge in [-0.05, 0) is 41.8 Å². The Hall–Kier alpha value is -3.84. The van der Waals surface area contributed by atoms with Gasteiger partial charge in [0.1, 0.15) is 11.2 Å². The summed E-state index contributed by atoms with van der Waals surface area (Å²) in [5.41, 5.74) is 7.12. The molecule has 0 amide bonds. The van der Waals surface area contributed by atoms with Gasteiger partial charge in [0.2, 0.25) is 0 Å². The monoisotopic (exact) mass is 394 g/mol. The normalized spacial score (nSPS) is 11.4. The zero-order valence-electron chi connectivity index (χ0n) is 15.1. The molecule has 0 unspecified atom stereocenters. The van der Waals surface area contributed by atoms with Crippen LogP contribution < -0.4 is 0 Å². The number of fused-ring (bicyclic) bond motifs is 2. The molecule has 6 nitrogen and oxygen atoms in total. The van der Waals surface area contributed by atoms with Gasteiger partial charge in [-0.25, -0.2) is 4.98 Å². The first-order valence-corrected chi connectivity index (χ1v) is 10.0. The summed E-state index contributed by atoms with van der Waals surface area (Å²) < 4.78 is 0. The van der Waals surface area contributed by atoms with Gasteiger partial charge >= 0.3 is 0 Å². The van der Waals surface area contributed by atoms with E-state index in [1.165, 1.54) is 4.88 Å². The van der Waals surface area contributed by atoms with Crippen LogP contribution in [0.4, 0.5) is 0 Å². The van der Waals surface area contributed by atoms with Crippen molar-refractivity contribution in [1.82, 2.24) is 30.1 Å². The maximum Gasteiger partial charge on any atom is 0.135 e. The summed E-state index contributed by atoms with van der Waals surface area (Å²) in [4.78, 5) is 18.3. The lowest BCUT2D eigenvalue weighted by molar-refractivity contribution is 1.12. The number of thiophene rings is 1. The summed E-state index contributed by atoms with van der Waals surface area (Å²) in [5.74, 6) is 0. The summed E-state index contributed by atoms with van der Waals surface area (Å²) in [6.45, 7) is 0. The number of rotatable bonds is 3.